The van der Waals surface area contributed by atoms with E-state index in [0.29, 0.717) is 17.3 Å². The van der Waals surface area contributed by atoms with Crippen LogP contribution >= 0.6 is 0 Å². The van der Waals surface area contributed by atoms with E-state index in [9.17, 15) is 9.59 Å². The van der Waals surface area contributed by atoms with Crippen LogP contribution in [-0.2, 0) is 17.6 Å². The number of anilines is 1. The van der Waals surface area contributed by atoms with Gasteiger partial charge in [-0.1, -0.05) is 32.0 Å². The summed E-state index contributed by atoms with van der Waals surface area (Å²) in [5.41, 5.74) is 5.09. The van der Waals surface area contributed by atoms with Crippen molar-refractivity contribution >= 4 is 22.6 Å². The lowest BCUT2D eigenvalue weighted by molar-refractivity contribution is -0.118. The molecule has 1 aliphatic rings. The number of rotatable bonds is 5. The van der Waals surface area contributed by atoms with E-state index in [1.807, 2.05) is 37.3 Å². The maximum absolute atomic E-state index is 12.5. The van der Waals surface area contributed by atoms with Gasteiger partial charge < -0.3 is 14.5 Å². The van der Waals surface area contributed by atoms with Crippen LogP contribution in [0.5, 0.6) is 5.75 Å². The molecule has 0 fully saturated rings. The number of para-hydroxylation sites is 1. The lowest BCUT2D eigenvalue weighted by Gasteiger charge is -2.16. The van der Waals surface area contributed by atoms with Crippen LogP contribution in [0.3, 0.4) is 0 Å². The van der Waals surface area contributed by atoms with Gasteiger partial charge in [-0.3, -0.25) is 4.79 Å². The predicted octanol–water partition coefficient (Wildman–Crippen LogP) is 4.73. The van der Waals surface area contributed by atoms with E-state index in [0.717, 1.165) is 52.6 Å². The number of carbonyl (C=O) groups is 1. The fraction of sp³-hybridized carbons (Fsp3) is 0.333. The SMILES string of the molecule is Cc1cccc(C(C)C)c1NC(=O)COc1ccc2c3c(c(=O)oc2c1)CCC3. The molecule has 2 aromatic carbocycles. The zero-order valence-electron chi connectivity index (χ0n) is 17.0. The van der Waals surface area contributed by atoms with Gasteiger partial charge in [-0.25, -0.2) is 4.79 Å². The molecular weight excluding hydrogens is 366 g/mol. The summed E-state index contributed by atoms with van der Waals surface area (Å²) in [5.74, 6) is 0.579. The lowest BCUT2D eigenvalue weighted by atomic mass is 9.98. The van der Waals surface area contributed by atoms with Crippen molar-refractivity contribution in [1.29, 1.82) is 0 Å². The third-order valence-corrected chi connectivity index (χ3v) is 5.51. The van der Waals surface area contributed by atoms with Crippen LogP contribution in [0, 0.1) is 6.92 Å². The maximum Gasteiger partial charge on any atom is 0.339 e. The highest BCUT2D eigenvalue weighted by molar-refractivity contribution is 5.93. The van der Waals surface area contributed by atoms with Crippen molar-refractivity contribution in [2.24, 2.45) is 0 Å². The van der Waals surface area contributed by atoms with Crippen LogP contribution < -0.4 is 15.7 Å². The molecule has 150 valence electrons. The summed E-state index contributed by atoms with van der Waals surface area (Å²) in [6.45, 7) is 6.06. The molecule has 1 N–H and O–H groups in total. The van der Waals surface area contributed by atoms with Crippen LogP contribution in [0.15, 0.2) is 45.6 Å². The van der Waals surface area contributed by atoms with Gasteiger partial charge in [-0.15, -0.1) is 0 Å². The van der Waals surface area contributed by atoms with E-state index in [2.05, 4.69) is 19.2 Å². The van der Waals surface area contributed by atoms with Gasteiger partial charge >= 0.3 is 5.63 Å². The zero-order chi connectivity index (χ0) is 20.5. The molecule has 1 amide bonds. The first-order valence-electron chi connectivity index (χ1n) is 10.0. The molecule has 1 aliphatic carbocycles. The first-order valence-corrected chi connectivity index (χ1v) is 10.0. The van der Waals surface area contributed by atoms with E-state index in [1.54, 1.807) is 6.07 Å². The zero-order valence-corrected chi connectivity index (χ0v) is 17.0. The first kappa shape index (κ1) is 19.2. The molecule has 0 aliphatic heterocycles. The van der Waals surface area contributed by atoms with Crippen LogP contribution in [-0.4, -0.2) is 12.5 Å². The quantitative estimate of drug-likeness (QED) is 0.639. The Kier molecular flexibility index (Phi) is 5.14. The molecule has 0 spiro atoms. The summed E-state index contributed by atoms with van der Waals surface area (Å²) < 4.78 is 11.1. The molecule has 0 atom stereocenters. The third kappa shape index (κ3) is 3.77. The van der Waals surface area contributed by atoms with Gasteiger partial charge in [0.2, 0.25) is 0 Å². The van der Waals surface area contributed by atoms with E-state index in [4.69, 9.17) is 9.15 Å². The van der Waals surface area contributed by atoms with Crippen LogP contribution in [0.25, 0.3) is 11.0 Å². The van der Waals surface area contributed by atoms with Crippen molar-refractivity contribution in [1.82, 2.24) is 0 Å². The van der Waals surface area contributed by atoms with Gasteiger partial charge in [0.1, 0.15) is 11.3 Å². The molecular formula is C24H25NO4. The molecule has 0 radical (unpaired) electrons. The second-order valence-corrected chi connectivity index (χ2v) is 7.89. The van der Waals surface area contributed by atoms with Gasteiger partial charge in [-0.05, 0) is 60.9 Å². The standard InChI is InChI=1S/C24H25NO4/c1-14(2)17-7-4-6-15(3)23(17)25-22(26)13-28-16-10-11-19-18-8-5-9-20(18)24(27)29-21(19)12-16/h4,6-7,10-12,14H,5,8-9,13H2,1-3H3,(H,25,26). The molecule has 29 heavy (non-hydrogen) atoms. The smallest absolute Gasteiger partial charge is 0.339 e. The lowest BCUT2D eigenvalue weighted by Crippen LogP contribution is -2.21. The fourth-order valence-electron chi connectivity index (χ4n) is 4.02. The molecule has 0 bridgehead atoms. The van der Waals surface area contributed by atoms with Gasteiger partial charge in [0.25, 0.3) is 5.91 Å². The van der Waals surface area contributed by atoms with E-state index < -0.39 is 0 Å². The maximum atomic E-state index is 12.5. The summed E-state index contributed by atoms with van der Waals surface area (Å²) in [4.78, 5) is 24.6. The second-order valence-electron chi connectivity index (χ2n) is 7.89. The van der Waals surface area contributed by atoms with Crippen molar-refractivity contribution in [3.63, 3.8) is 0 Å². The summed E-state index contributed by atoms with van der Waals surface area (Å²) in [6.07, 6.45) is 2.66. The van der Waals surface area contributed by atoms with Crippen molar-refractivity contribution in [2.75, 3.05) is 11.9 Å². The summed E-state index contributed by atoms with van der Waals surface area (Å²) in [6, 6.07) is 11.4. The Morgan fingerprint density at radius 3 is 2.76 bits per heavy atom. The van der Waals surface area contributed by atoms with Crippen molar-refractivity contribution in [3.05, 3.63) is 69.1 Å². The van der Waals surface area contributed by atoms with Gasteiger partial charge in [0.15, 0.2) is 6.61 Å². The van der Waals surface area contributed by atoms with E-state index in [1.165, 1.54) is 0 Å². The van der Waals surface area contributed by atoms with Gasteiger partial charge in [0.05, 0.1) is 0 Å². The minimum absolute atomic E-state index is 0.119. The summed E-state index contributed by atoms with van der Waals surface area (Å²) in [5, 5.41) is 3.93. The monoisotopic (exact) mass is 391 g/mol. The molecule has 4 rings (SSSR count). The number of aryl methyl sites for hydroxylation is 2. The number of amides is 1. The Hall–Kier alpha value is -3.08. The molecule has 3 aromatic rings. The van der Waals surface area contributed by atoms with Crippen molar-refractivity contribution < 1.29 is 13.9 Å². The summed E-state index contributed by atoms with van der Waals surface area (Å²) in [7, 11) is 0. The largest absolute Gasteiger partial charge is 0.484 e. The highest BCUT2D eigenvalue weighted by atomic mass is 16.5. The highest BCUT2D eigenvalue weighted by Crippen LogP contribution is 2.30. The molecule has 1 heterocycles. The number of nitrogens with one attached hydrogen (secondary N) is 1. The number of benzene rings is 2. The van der Waals surface area contributed by atoms with E-state index in [-0.39, 0.29) is 18.1 Å². The molecule has 0 saturated carbocycles. The molecule has 5 nitrogen and oxygen atoms in total. The minimum Gasteiger partial charge on any atom is -0.484 e. The fourth-order valence-corrected chi connectivity index (χ4v) is 4.02. The van der Waals surface area contributed by atoms with Gasteiger partial charge in [0, 0.05) is 22.7 Å². The highest BCUT2D eigenvalue weighted by Gasteiger charge is 2.20. The van der Waals surface area contributed by atoms with Crippen molar-refractivity contribution in [2.45, 2.75) is 46.0 Å². The van der Waals surface area contributed by atoms with Crippen LogP contribution in [0.1, 0.15) is 48.4 Å². The molecule has 1 aromatic heterocycles. The average Bonchev–Trinajstić information content (AvgIpc) is 3.18. The van der Waals surface area contributed by atoms with Crippen LogP contribution in [0.4, 0.5) is 5.69 Å². The number of ether oxygens (including phenoxy) is 1. The Labute approximate surface area is 169 Å². The minimum atomic E-state index is -0.263. The Morgan fingerprint density at radius 1 is 1.17 bits per heavy atom. The van der Waals surface area contributed by atoms with Gasteiger partial charge in [-0.2, -0.15) is 0 Å². The Balaban J connectivity index is 1.50. The van der Waals surface area contributed by atoms with E-state index >= 15 is 0 Å². The van der Waals surface area contributed by atoms with Crippen molar-refractivity contribution in [3.8, 4) is 5.75 Å². The van der Waals surface area contributed by atoms with Crippen LogP contribution in [0.2, 0.25) is 0 Å². The topological polar surface area (TPSA) is 68.5 Å². The number of hydrogen-bond donors (Lipinski definition) is 1. The Bertz CT molecular complexity index is 1140. The molecule has 5 heteroatoms. The number of hydrogen-bond acceptors (Lipinski definition) is 4. The predicted molar refractivity (Wildman–Crippen MR) is 114 cm³/mol. The average molecular weight is 391 g/mol. The molecule has 0 saturated heterocycles. The third-order valence-electron chi connectivity index (χ3n) is 5.51. The molecule has 0 unspecified atom stereocenters. The number of carbonyl (C=O) groups excluding carboxylic acids is 1. The Morgan fingerprint density at radius 2 is 1.97 bits per heavy atom. The number of fused-ring (bicyclic) bond motifs is 3. The second kappa shape index (κ2) is 7.74. The normalized spacial score (nSPS) is 13.0. The first-order chi connectivity index (χ1) is 13.9. The summed E-state index contributed by atoms with van der Waals surface area (Å²) >= 11 is 0.